The summed E-state index contributed by atoms with van der Waals surface area (Å²) in [5.41, 5.74) is 11.1. The molecule has 0 radical (unpaired) electrons. The first-order chi connectivity index (χ1) is 29.3. The van der Waals surface area contributed by atoms with Crippen molar-refractivity contribution in [1.82, 2.24) is 18.9 Å². The minimum absolute atomic E-state index is 0.661. The summed E-state index contributed by atoms with van der Waals surface area (Å²) in [5.74, 6) is 0.661. The maximum atomic E-state index is 5.55. The number of aromatic nitrogens is 4. The number of benzene rings is 9. The SMILES string of the molecule is c1ccc(-c2ccc(-c3nc(-n4c5cccc6c7cccc8c9cc%10c(cc9n(c9cccc4c9c65)c78)sc4ccccc4%10)nc4c3ccc3ccccc34)cc2)cc1. The summed E-state index contributed by atoms with van der Waals surface area (Å²) in [6.45, 7) is 0. The number of rotatable bonds is 3. The number of fused-ring (bicyclic) bond motifs is 11. The van der Waals surface area contributed by atoms with E-state index in [0.717, 1.165) is 44.0 Å². The van der Waals surface area contributed by atoms with Gasteiger partial charge in [0.15, 0.2) is 0 Å². The van der Waals surface area contributed by atoms with Gasteiger partial charge >= 0.3 is 0 Å². The Labute approximate surface area is 340 Å². The van der Waals surface area contributed by atoms with E-state index in [0.29, 0.717) is 5.95 Å². The first-order valence-electron chi connectivity index (χ1n) is 20.1. The Kier molecular flexibility index (Phi) is 6.14. The number of thiophene rings is 1. The molecule has 0 unspecified atom stereocenters. The van der Waals surface area contributed by atoms with E-state index < -0.39 is 0 Å². The lowest BCUT2D eigenvalue weighted by atomic mass is 9.99. The minimum atomic E-state index is 0.661. The van der Waals surface area contributed by atoms with Crippen molar-refractivity contribution in [3.05, 3.63) is 182 Å². The van der Waals surface area contributed by atoms with Gasteiger partial charge in [0.25, 0.3) is 0 Å². The Bertz CT molecular complexity index is 4060. The monoisotopic (exact) mass is 766 g/mol. The average molecular weight is 767 g/mol. The highest BCUT2D eigenvalue weighted by Gasteiger charge is 2.24. The van der Waals surface area contributed by atoms with Gasteiger partial charge in [-0.15, -0.1) is 11.3 Å². The predicted octanol–water partition coefficient (Wildman–Crippen LogP) is 14.7. The first kappa shape index (κ1) is 31.5. The largest absolute Gasteiger partial charge is 0.308 e. The Morgan fingerprint density at radius 3 is 1.92 bits per heavy atom. The molecule has 4 nitrogen and oxygen atoms in total. The molecular weight excluding hydrogens is 737 g/mol. The van der Waals surface area contributed by atoms with Crippen LogP contribution in [0.4, 0.5) is 0 Å². The summed E-state index contributed by atoms with van der Waals surface area (Å²) >= 11 is 1.88. The van der Waals surface area contributed by atoms with E-state index in [1.165, 1.54) is 80.2 Å². The standard InChI is InChI=1S/C54H30N4S/c1-2-11-31(12-3-1)32-23-25-34(26-24-32)51-40-28-27-33-13-4-5-14-35(33)52(40)56-54(55-51)58-43-19-9-16-37-38-17-8-18-39-41-29-42-36-15-6-7-22-47(36)59-48(42)30-46(41)57(53(38)39)44-20-10-21-45(58)50(44)49(37)43/h1-30H. The summed E-state index contributed by atoms with van der Waals surface area (Å²) in [6, 6.07) is 66.3. The predicted molar refractivity (Wildman–Crippen MR) is 250 cm³/mol. The lowest BCUT2D eigenvalue weighted by Crippen LogP contribution is -2.04. The van der Waals surface area contributed by atoms with E-state index in [1.807, 2.05) is 11.3 Å². The van der Waals surface area contributed by atoms with Crippen molar-refractivity contribution in [3.8, 4) is 28.3 Å². The van der Waals surface area contributed by atoms with E-state index >= 15 is 0 Å². The second-order valence-electron chi connectivity index (χ2n) is 15.7. The van der Waals surface area contributed by atoms with Crippen LogP contribution in [-0.4, -0.2) is 18.9 Å². The van der Waals surface area contributed by atoms with Crippen LogP contribution < -0.4 is 0 Å². The van der Waals surface area contributed by atoms with Gasteiger partial charge in [-0.3, -0.25) is 4.57 Å². The second kappa shape index (κ2) is 11.5. The van der Waals surface area contributed by atoms with Crippen molar-refractivity contribution in [2.45, 2.75) is 0 Å². The molecule has 0 saturated carbocycles. The fourth-order valence-corrected chi connectivity index (χ4v) is 11.2. The van der Waals surface area contributed by atoms with Gasteiger partial charge in [-0.2, -0.15) is 0 Å². The Morgan fingerprint density at radius 2 is 1.03 bits per heavy atom. The van der Waals surface area contributed by atoms with Crippen molar-refractivity contribution in [1.29, 1.82) is 0 Å². The molecule has 0 aliphatic heterocycles. The number of hydrogen-bond acceptors (Lipinski definition) is 3. The van der Waals surface area contributed by atoms with Gasteiger partial charge in [0.2, 0.25) is 5.95 Å². The van der Waals surface area contributed by atoms with Crippen LogP contribution >= 0.6 is 11.3 Å². The van der Waals surface area contributed by atoms with E-state index in [-0.39, 0.29) is 0 Å². The molecular formula is C54H30N4S. The highest BCUT2D eigenvalue weighted by atomic mass is 32.1. The fourth-order valence-electron chi connectivity index (χ4n) is 10.1. The molecule has 272 valence electrons. The van der Waals surface area contributed by atoms with Gasteiger partial charge in [0.05, 0.1) is 38.8 Å². The molecule has 9 aromatic carbocycles. The van der Waals surface area contributed by atoms with Crippen molar-refractivity contribution in [3.63, 3.8) is 0 Å². The molecule has 14 aromatic rings. The van der Waals surface area contributed by atoms with E-state index in [2.05, 4.69) is 191 Å². The third-order valence-corrected chi connectivity index (χ3v) is 13.8. The summed E-state index contributed by atoms with van der Waals surface area (Å²) in [4.78, 5) is 11.1. The van der Waals surface area contributed by atoms with Crippen LogP contribution in [0.25, 0.3) is 130 Å². The summed E-state index contributed by atoms with van der Waals surface area (Å²) in [6.07, 6.45) is 0. The van der Waals surface area contributed by atoms with E-state index in [9.17, 15) is 0 Å². The molecule has 0 saturated heterocycles. The van der Waals surface area contributed by atoms with Crippen LogP contribution in [0.2, 0.25) is 0 Å². The third kappa shape index (κ3) is 4.21. The molecule has 0 aliphatic rings. The van der Waals surface area contributed by atoms with Gasteiger partial charge in [-0.25, -0.2) is 9.97 Å². The minimum Gasteiger partial charge on any atom is -0.308 e. The molecule has 0 amide bonds. The zero-order valence-electron chi connectivity index (χ0n) is 31.5. The second-order valence-corrected chi connectivity index (χ2v) is 16.8. The van der Waals surface area contributed by atoms with Crippen molar-refractivity contribution >= 4 is 113 Å². The maximum Gasteiger partial charge on any atom is 0.235 e. The lowest BCUT2D eigenvalue weighted by Gasteiger charge is -2.14. The molecule has 5 aromatic heterocycles. The van der Waals surface area contributed by atoms with Crippen LogP contribution in [-0.2, 0) is 0 Å². The zero-order valence-corrected chi connectivity index (χ0v) is 32.3. The van der Waals surface area contributed by atoms with Gasteiger partial charge in [-0.1, -0.05) is 140 Å². The molecule has 5 heterocycles. The van der Waals surface area contributed by atoms with Crippen LogP contribution in [0.1, 0.15) is 0 Å². The quantitative estimate of drug-likeness (QED) is 0.168. The van der Waals surface area contributed by atoms with Crippen LogP contribution in [0.3, 0.4) is 0 Å². The molecule has 0 fully saturated rings. The summed E-state index contributed by atoms with van der Waals surface area (Å²) in [7, 11) is 0. The fraction of sp³-hybridized carbons (Fsp3) is 0. The molecule has 14 rings (SSSR count). The normalized spacial score (nSPS) is 12.4. The van der Waals surface area contributed by atoms with Crippen LogP contribution in [0.15, 0.2) is 182 Å². The maximum absolute atomic E-state index is 5.55. The Balaban J connectivity index is 1.11. The molecule has 59 heavy (non-hydrogen) atoms. The van der Waals surface area contributed by atoms with Gasteiger partial charge in [0.1, 0.15) is 0 Å². The highest BCUT2D eigenvalue weighted by Crippen LogP contribution is 2.46. The Morgan fingerprint density at radius 1 is 0.373 bits per heavy atom. The highest BCUT2D eigenvalue weighted by molar-refractivity contribution is 7.25. The van der Waals surface area contributed by atoms with Gasteiger partial charge < -0.3 is 4.40 Å². The third-order valence-electron chi connectivity index (χ3n) is 12.7. The molecule has 0 aliphatic carbocycles. The topological polar surface area (TPSA) is 35.1 Å². The molecule has 0 atom stereocenters. The van der Waals surface area contributed by atoms with E-state index in [4.69, 9.17) is 9.97 Å². The van der Waals surface area contributed by atoms with Crippen molar-refractivity contribution < 1.29 is 0 Å². The van der Waals surface area contributed by atoms with Crippen LogP contribution in [0.5, 0.6) is 0 Å². The number of para-hydroxylation sites is 1. The molecule has 0 N–H and O–H groups in total. The van der Waals surface area contributed by atoms with Gasteiger partial charge in [0, 0.05) is 63.4 Å². The van der Waals surface area contributed by atoms with Gasteiger partial charge in [-0.05, 0) is 64.4 Å². The van der Waals surface area contributed by atoms with E-state index in [1.54, 1.807) is 0 Å². The van der Waals surface area contributed by atoms with Crippen LogP contribution in [0, 0.1) is 0 Å². The average Bonchev–Trinajstić information content (AvgIpc) is 3.92. The van der Waals surface area contributed by atoms with Crippen molar-refractivity contribution in [2.24, 2.45) is 0 Å². The smallest absolute Gasteiger partial charge is 0.235 e. The van der Waals surface area contributed by atoms with Crippen molar-refractivity contribution in [2.75, 3.05) is 0 Å². The molecule has 5 heteroatoms. The molecule has 0 spiro atoms. The Hall–Kier alpha value is -7.60. The number of nitrogens with zero attached hydrogens (tertiary/aromatic N) is 4. The number of hydrogen-bond donors (Lipinski definition) is 0. The summed E-state index contributed by atoms with van der Waals surface area (Å²) in [5, 5.41) is 13.4. The lowest BCUT2D eigenvalue weighted by molar-refractivity contribution is 1.02. The zero-order chi connectivity index (χ0) is 38.3. The first-order valence-corrected chi connectivity index (χ1v) is 20.9. The molecule has 0 bridgehead atoms. The summed E-state index contributed by atoms with van der Waals surface area (Å²) < 4.78 is 7.46.